The van der Waals surface area contributed by atoms with Gasteiger partial charge in [-0.1, -0.05) is 26.0 Å². The number of hydrogen-bond donors (Lipinski definition) is 2. The van der Waals surface area contributed by atoms with Crippen molar-refractivity contribution in [3.8, 4) is 0 Å². The highest BCUT2D eigenvalue weighted by Crippen LogP contribution is 2.51. The fourth-order valence-corrected chi connectivity index (χ4v) is 7.31. The van der Waals surface area contributed by atoms with Crippen LogP contribution in [0, 0.1) is 11.8 Å². The van der Waals surface area contributed by atoms with E-state index in [1.807, 2.05) is 29.8 Å². The van der Waals surface area contributed by atoms with Crippen molar-refractivity contribution < 1.29 is 17.4 Å². The molecule has 1 aliphatic heterocycles. The number of rotatable bonds is 7. The van der Waals surface area contributed by atoms with E-state index in [9.17, 15) is 17.4 Å². The fraction of sp³-hybridized carbons (Fsp3) is 0.500. The predicted octanol–water partition coefficient (Wildman–Crippen LogP) is 5.50. The van der Waals surface area contributed by atoms with Gasteiger partial charge in [-0.25, -0.2) is 4.21 Å². The van der Waals surface area contributed by atoms with Crippen LogP contribution in [0.2, 0.25) is 0 Å². The number of aromatic nitrogens is 3. The smallest absolute Gasteiger partial charge is 0.397 e. The Morgan fingerprint density at radius 3 is 2.59 bits per heavy atom. The lowest BCUT2D eigenvalue weighted by molar-refractivity contribution is -0.137. The molecule has 2 heterocycles. The van der Waals surface area contributed by atoms with E-state index in [1.165, 1.54) is 0 Å². The predicted molar refractivity (Wildman–Crippen MR) is 146 cm³/mol. The van der Waals surface area contributed by atoms with Crippen molar-refractivity contribution in [2.24, 2.45) is 18.9 Å². The number of piperidine rings is 1. The summed E-state index contributed by atoms with van der Waals surface area (Å²) < 4.78 is 60.2. The highest BCUT2D eigenvalue weighted by atomic mass is 32.2. The second-order valence-corrected chi connectivity index (χ2v) is 12.5. The van der Waals surface area contributed by atoms with Crippen LogP contribution in [0.3, 0.4) is 0 Å². The molecular weight excluding hydrogens is 525 g/mol. The Morgan fingerprint density at radius 2 is 1.95 bits per heavy atom. The molecular formula is C28H35F3N6OS. The summed E-state index contributed by atoms with van der Waals surface area (Å²) in [4.78, 5) is 2.09. The average Bonchev–Trinajstić information content (AvgIpc) is 3.28. The summed E-state index contributed by atoms with van der Waals surface area (Å²) >= 11 is 0. The van der Waals surface area contributed by atoms with Crippen LogP contribution in [-0.4, -0.2) is 37.0 Å². The van der Waals surface area contributed by atoms with Crippen LogP contribution in [0.5, 0.6) is 0 Å². The summed E-state index contributed by atoms with van der Waals surface area (Å²) in [5, 5.41) is 8.43. The van der Waals surface area contributed by atoms with Gasteiger partial charge in [-0.2, -0.15) is 13.2 Å². The Bertz CT molecular complexity index is 1370. The molecule has 11 heteroatoms. The van der Waals surface area contributed by atoms with Crippen LogP contribution in [0.15, 0.2) is 47.6 Å². The SMILES string of the molecule is CC1CCCN(Cc2cc(S(=O)Nc3cccc(C4(c5nncn5C)CC(C)C4)c3)c(N)c(C(F)(F)F)c2)C1. The van der Waals surface area contributed by atoms with E-state index in [4.69, 9.17) is 5.73 Å². The van der Waals surface area contributed by atoms with Gasteiger partial charge in [-0.05, 0) is 79.5 Å². The number of likely N-dealkylation sites (tertiary alicyclic amines) is 1. The van der Waals surface area contributed by atoms with Crippen LogP contribution in [0.25, 0.3) is 0 Å². The molecule has 0 spiro atoms. The first-order chi connectivity index (χ1) is 18.5. The summed E-state index contributed by atoms with van der Waals surface area (Å²) in [5.74, 6) is 1.86. The zero-order valence-corrected chi connectivity index (χ0v) is 23.3. The average molecular weight is 561 g/mol. The summed E-state index contributed by atoms with van der Waals surface area (Å²) in [6.45, 7) is 6.33. The maximum atomic E-state index is 13.9. The lowest BCUT2D eigenvalue weighted by Gasteiger charge is -2.46. The first kappa shape index (κ1) is 27.6. The second kappa shape index (κ2) is 10.6. The first-order valence-corrected chi connectivity index (χ1v) is 14.5. The van der Waals surface area contributed by atoms with E-state index in [0.29, 0.717) is 29.6 Å². The number of anilines is 2. The van der Waals surface area contributed by atoms with Crippen molar-refractivity contribution in [3.05, 3.63) is 65.2 Å². The number of alkyl halides is 3. The molecule has 39 heavy (non-hydrogen) atoms. The summed E-state index contributed by atoms with van der Waals surface area (Å²) in [6.07, 6.45) is 0.929. The maximum absolute atomic E-state index is 13.9. The Kier molecular flexibility index (Phi) is 7.49. The number of hydrogen-bond acceptors (Lipinski definition) is 5. The lowest BCUT2D eigenvalue weighted by atomic mass is 9.58. The zero-order valence-electron chi connectivity index (χ0n) is 22.5. The normalized spacial score (nSPS) is 24.8. The second-order valence-electron chi connectivity index (χ2n) is 11.3. The summed E-state index contributed by atoms with van der Waals surface area (Å²) in [7, 11) is -0.0962. The minimum Gasteiger partial charge on any atom is -0.397 e. The van der Waals surface area contributed by atoms with E-state index in [-0.39, 0.29) is 10.3 Å². The molecule has 1 aliphatic carbocycles. The third kappa shape index (κ3) is 5.56. The molecule has 3 aromatic rings. The minimum atomic E-state index is -4.66. The molecule has 7 nitrogen and oxygen atoms in total. The van der Waals surface area contributed by atoms with Crippen LogP contribution in [0.1, 0.15) is 62.0 Å². The van der Waals surface area contributed by atoms with Crippen molar-refractivity contribution in [2.45, 2.75) is 62.6 Å². The Hall–Kier alpha value is -2.92. The van der Waals surface area contributed by atoms with E-state index < -0.39 is 28.4 Å². The molecule has 2 aliphatic rings. The monoisotopic (exact) mass is 560 g/mol. The van der Waals surface area contributed by atoms with Crippen LogP contribution in [-0.2, 0) is 36.2 Å². The van der Waals surface area contributed by atoms with Gasteiger partial charge in [0.25, 0.3) is 0 Å². The van der Waals surface area contributed by atoms with Crippen molar-refractivity contribution >= 4 is 22.4 Å². The molecule has 0 radical (unpaired) electrons. The third-order valence-electron chi connectivity index (χ3n) is 8.01. The molecule has 2 aromatic carbocycles. The van der Waals surface area contributed by atoms with Gasteiger partial charge < -0.3 is 15.0 Å². The molecule has 1 aromatic heterocycles. The van der Waals surface area contributed by atoms with Gasteiger partial charge in [0, 0.05) is 25.8 Å². The third-order valence-corrected chi connectivity index (χ3v) is 9.17. The Morgan fingerprint density at radius 1 is 1.18 bits per heavy atom. The van der Waals surface area contributed by atoms with Crippen LogP contribution < -0.4 is 10.5 Å². The largest absolute Gasteiger partial charge is 0.418 e. The minimum absolute atomic E-state index is 0.0597. The summed E-state index contributed by atoms with van der Waals surface area (Å²) in [6, 6.07) is 10.2. The Balaban J connectivity index is 1.44. The molecule has 210 valence electrons. The molecule has 3 N–H and O–H groups in total. The number of nitrogens with two attached hydrogens (primary N) is 1. The molecule has 5 rings (SSSR count). The van der Waals surface area contributed by atoms with E-state index in [0.717, 1.165) is 56.2 Å². The number of nitrogens with zero attached hydrogens (tertiary/aromatic N) is 4. The van der Waals surface area contributed by atoms with Crippen molar-refractivity contribution in [1.82, 2.24) is 19.7 Å². The van der Waals surface area contributed by atoms with E-state index in [2.05, 4.69) is 33.7 Å². The highest BCUT2D eigenvalue weighted by molar-refractivity contribution is 7.86. The van der Waals surface area contributed by atoms with E-state index >= 15 is 0 Å². The van der Waals surface area contributed by atoms with Gasteiger partial charge in [0.2, 0.25) is 0 Å². The molecule has 2 atom stereocenters. The molecule has 1 saturated heterocycles. The lowest BCUT2D eigenvalue weighted by Crippen LogP contribution is -2.43. The van der Waals surface area contributed by atoms with Gasteiger partial charge in [-0.15, -0.1) is 10.2 Å². The van der Waals surface area contributed by atoms with Crippen LogP contribution >= 0.6 is 0 Å². The highest BCUT2D eigenvalue weighted by Gasteiger charge is 2.48. The standard InChI is InChI=1S/C28H35F3N6OS/c1-18-6-5-9-37(15-18)16-20-10-23(28(29,30)31)25(32)24(11-20)39(38)35-22-8-4-7-21(12-22)27(13-19(2)14-27)26-34-33-17-36(26)3/h4,7-8,10-12,17-19,35H,5-6,9,13-16,32H2,1-3H3. The van der Waals surface area contributed by atoms with Gasteiger partial charge >= 0.3 is 6.18 Å². The summed E-state index contributed by atoms with van der Waals surface area (Å²) in [5.41, 5.74) is 6.19. The van der Waals surface area contributed by atoms with Gasteiger partial charge in [0.15, 0.2) is 11.0 Å². The fourth-order valence-electron chi connectivity index (χ4n) is 6.29. The molecule has 2 unspecified atom stereocenters. The topological polar surface area (TPSA) is 89.1 Å². The number of aryl methyl sites for hydroxylation is 1. The number of halogens is 3. The molecule has 0 bridgehead atoms. The molecule has 2 fully saturated rings. The van der Waals surface area contributed by atoms with Crippen LogP contribution in [0.4, 0.5) is 24.5 Å². The first-order valence-electron chi connectivity index (χ1n) is 13.3. The number of nitrogens with one attached hydrogen (secondary N) is 1. The van der Waals surface area contributed by atoms with Gasteiger partial charge in [0.05, 0.1) is 21.6 Å². The van der Waals surface area contributed by atoms with E-state index in [1.54, 1.807) is 18.5 Å². The zero-order chi connectivity index (χ0) is 27.9. The number of nitrogen functional groups attached to an aromatic ring is 1. The number of benzene rings is 2. The Labute approximate surface area is 229 Å². The quantitative estimate of drug-likeness (QED) is 0.373. The maximum Gasteiger partial charge on any atom is 0.418 e. The van der Waals surface area contributed by atoms with Crippen molar-refractivity contribution in [1.29, 1.82) is 0 Å². The van der Waals surface area contributed by atoms with Gasteiger partial charge in [-0.3, -0.25) is 4.90 Å². The van der Waals surface area contributed by atoms with Gasteiger partial charge in [0.1, 0.15) is 12.2 Å². The van der Waals surface area contributed by atoms with Crippen molar-refractivity contribution in [3.63, 3.8) is 0 Å². The molecule has 1 saturated carbocycles. The molecule has 0 amide bonds. The van der Waals surface area contributed by atoms with Crippen molar-refractivity contribution in [2.75, 3.05) is 23.5 Å².